The number of Topliss-reactive ketones (excluding diaryl/α,β-unsaturated/α-hetero) is 1. The van der Waals surface area contributed by atoms with Gasteiger partial charge in [0.25, 0.3) is 0 Å². The minimum absolute atomic E-state index is 0.102. The Morgan fingerprint density at radius 3 is 2.24 bits per heavy atom. The van der Waals surface area contributed by atoms with Gasteiger partial charge in [0.05, 0.1) is 24.4 Å². The number of allylic oxidation sites excluding steroid dienone is 3. The predicted octanol–water partition coefficient (Wildman–Crippen LogP) is 1.98. The van der Waals surface area contributed by atoms with E-state index in [1.54, 1.807) is 56.3 Å². The zero-order valence-electron chi connectivity index (χ0n) is 19.3. The molecule has 1 aromatic carbocycles. The number of nitrogens with one attached hydrogen (secondary N) is 3. The fraction of sp³-hybridized carbons (Fsp3) is 0.400. The second-order valence-corrected chi connectivity index (χ2v) is 8.37. The summed E-state index contributed by atoms with van der Waals surface area (Å²) in [6.45, 7) is 6.86. The van der Waals surface area contributed by atoms with Crippen LogP contribution in [0.3, 0.4) is 0 Å². The molecule has 176 valence electrons. The van der Waals surface area contributed by atoms with Gasteiger partial charge in [-0.05, 0) is 18.4 Å². The molecule has 33 heavy (non-hydrogen) atoms. The van der Waals surface area contributed by atoms with Crippen molar-refractivity contribution in [1.29, 1.82) is 0 Å². The summed E-state index contributed by atoms with van der Waals surface area (Å²) in [5.74, 6) is -4.67. The van der Waals surface area contributed by atoms with Gasteiger partial charge >= 0.3 is 0 Å². The smallest absolute Gasteiger partial charge is 0.244 e. The average Bonchev–Trinajstić information content (AvgIpc) is 3.03. The molecule has 1 unspecified atom stereocenters. The number of imide groups is 1. The minimum Gasteiger partial charge on any atom is -0.346 e. The molecule has 1 aromatic rings. The van der Waals surface area contributed by atoms with Crippen molar-refractivity contribution in [2.75, 3.05) is 0 Å². The van der Waals surface area contributed by atoms with Crippen molar-refractivity contribution < 1.29 is 24.0 Å². The monoisotopic (exact) mass is 453 g/mol. The van der Waals surface area contributed by atoms with Crippen LogP contribution in [-0.4, -0.2) is 35.5 Å². The molecule has 3 N–H and O–H groups in total. The Morgan fingerprint density at radius 2 is 1.70 bits per heavy atom. The maximum atomic E-state index is 13.1. The summed E-state index contributed by atoms with van der Waals surface area (Å²) in [5.41, 5.74) is 0.738. The Morgan fingerprint density at radius 1 is 1.03 bits per heavy atom. The molecular weight excluding hydrogens is 422 g/mol. The van der Waals surface area contributed by atoms with E-state index in [0.29, 0.717) is 0 Å². The second kappa shape index (κ2) is 11.9. The number of rotatable bonds is 10. The fourth-order valence-electron chi connectivity index (χ4n) is 3.66. The summed E-state index contributed by atoms with van der Waals surface area (Å²) in [6, 6.07) is 7.48. The molecule has 1 aliphatic heterocycles. The summed E-state index contributed by atoms with van der Waals surface area (Å²) < 4.78 is 0. The second-order valence-electron chi connectivity index (χ2n) is 8.37. The van der Waals surface area contributed by atoms with Crippen LogP contribution in [0.1, 0.15) is 45.7 Å². The third-order valence-corrected chi connectivity index (χ3v) is 5.50. The van der Waals surface area contributed by atoms with Gasteiger partial charge in [0.15, 0.2) is 5.78 Å². The number of carbonyl (C=O) groups is 5. The lowest BCUT2D eigenvalue weighted by Gasteiger charge is -2.25. The molecule has 0 radical (unpaired) electrons. The van der Waals surface area contributed by atoms with Gasteiger partial charge in [0.1, 0.15) is 5.92 Å². The van der Waals surface area contributed by atoms with E-state index in [0.717, 1.165) is 5.56 Å². The average molecular weight is 454 g/mol. The first-order valence-corrected chi connectivity index (χ1v) is 11.0. The molecule has 0 aliphatic carbocycles. The quantitative estimate of drug-likeness (QED) is 0.216. The Labute approximate surface area is 193 Å². The number of hydrogen-bond donors (Lipinski definition) is 3. The topological polar surface area (TPSA) is 121 Å². The first kappa shape index (κ1) is 25.7. The molecule has 1 saturated heterocycles. The Balaban J connectivity index is 2.16. The number of carbonyl (C=O) groups excluding carboxylic acids is 5. The standard InChI is InChI=1S/C25H31N3O5/c1-5-6-8-13-19(29)26-18(17-11-9-7-10-12-17)14-20(30)27-22(15(2)3)23(31)21-16(4)24(32)28-25(21)33/h5-13,15-16,18,21-22H,14H2,1-4H3,(H,26,29)(H,27,30)(H,28,32,33)/b6-5+,13-8+/t16-,18+,21-,22?/m0/s1. The maximum absolute atomic E-state index is 13.1. The summed E-state index contributed by atoms with van der Waals surface area (Å²) >= 11 is 0. The first-order chi connectivity index (χ1) is 15.6. The third-order valence-electron chi connectivity index (χ3n) is 5.50. The van der Waals surface area contributed by atoms with Gasteiger partial charge in [0, 0.05) is 6.08 Å². The van der Waals surface area contributed by atoms with Crippen LogP contribution in [0.15, 0.2) is 54.6 Å². The van der Waals surface area contributed by atoms with Crippen molar-refractivity contribution in [2.24, 2.45) is 17.8 Å². The summed E-state index contributed by atoms with van der Waals surface area (Å²) in [5, 5.41) is 7.70. The summed E-state index contributed by atoms with van der Waals surface area (Å²) in [4.78, 5) is 62.2. The van der Waals surface area contributed by atoms with E-state index in [-0.39, 0.29) is 18.2 Å². The lowest BCUT2D eigenvalue weighted by atomic mass is 9.85. The number of ketones is 1. The highest BCUT2D eigenvalue weighted by Gasteiger charge is 2.46. The molecule has 1 aliphatic rings. The molecule has 0 spiro atoms. The molecule has 2 rings (SSSR count). The van der Waals surface area contributed by atoms with Gasteiger partial charge in [-0.2, -0.15) is 0 Å². The summed E-state index contributed by atoms with van der Waals surface area (Å²) in [6.07, 6.45) is 6.36. The normalized spacial score (nSPS) is 20.2. The van der Waals surface area contributed by atoms with Crippen molar-refractivity contribution in [3.63, 3.8) is 0 Å². The molecule has 4 atom stereocenters. The highest BCUT2D eigenvalue weighted by molar-refractivity contribution is 6.16. The van der Waals surface area contributed by atoms with Crippen LogP contribution < -0.4 is 16.0 Å². The van der Waals surface area contributed by atoms with Gasteiger partial charge < -0.3 is 10.6 Å². The number of benzene rings is 1. The molecule has 1 heterocycles. The van der Waals surface area contributed by atoms with Crippen molar-refractivity contribution in [1.82, 2.24) is 16.0 Å². The summed E-state index contributed by atoms with van der Waals surface area (Å²) in [7, 11) is 0. The van der Waals surface area contributed by atoms with Crippen LogP contribution in [0.25, 0.3) is 0 Å². The predicted molar refractivity (Wildman–Crippen MR) is 123 cm³/mol. The fourth-order valence-corrected chi connectivity index (χ4v) is 3.66. The minimum atomic E-state index is -1.13. The van der Waals surface area contributed by atoms with Crippen molar-refractivity contribution >= 4 is 29.4 Å². The van der Waals surface area contributed by atoms with Gasteiger partial charge in [-0.3, -0.25) is 29.3 Å². The molecule has 0 saturated carbocycles. The highest BCUT2D eigenvalue weighted by atomic mass is 16.2. The van der Waals surface area contributed by atoms with E-state index in [4.69, 9.17) is 0 Å². The zero-order chi connectivity index (χ0) is 24.5. The zero-order valence-corrected chi connectivity index (χ0v) is 19.3. The van der Waals surface area contributed by atoms with Crippen molar-refractivity contribution in [3.05, 3.63) is 60.2 Å². The van der Waals surface area contributed by atoms with Gasteiger partial charge in [-0.25, -0.2) is 0 Å². The van der Waals surface area contributed by atoms with Crippen LogP contribution in [0.2, 0.25) is 0 Å². The number of hydrogen-bond acceptors (Lipinski definition) is 5. The Hall–Kier alpha value is -3.55. The molecule has 1 fully saturated rings. The third kappa shape index (κ3) is 6.97. The van der Waals surface area contributed by atoms with Crippen LogP contribution in [0.5, 0.6) is 0 Å². The SMILES string of the molecule is C/C=C/C=C/C(=O)N[C@H](CC(=O)NC(C(=O)[C@H]1C(=O)NC(=O)[C@H]1C)C(C)C)c1ccccc1. The lowest BCUT2D eigenvalue weighted by molar-refractivity contribution is -0.137. The Kier molecular flexibility index (Phi) is 9.27. The van der Waals surface area contributed by atoms with Gasteiger partial charge in [-0.1, -0.05) is 69.3 Å². The lowest BCUT2D eigenvalue weighted by Crippen LogP contribution is -2.49. The molecule has 8 heteroatoms. The molecule has 8 nitrogen and oxygen atoms in total. The van der Waals surface area contributed by atoms with Crippen molar-refractivity contribution in [2.45, 2.75) is 46.2 Å². The van der Waals surface area contributed by atoms with E-state index >= 15 is 0 Å². The molecule has 4 amide bonds. The van der Waals surface area contributed by atoms with Gasteiger partial charge in [-0.15, -0.1) is 0 Å². The largest absolute Gasteiger partial charge is 0.346 e. The first-order valence-electron chi connectivity index (χ1n) is 11.0. The highest BCUT2D eigenvalue weighted by Crippen LogP contribution is 2.24. The maximum Gasteiger partial charge on any atom is 0.244 e. The molecule has 0 bridgehead atoms. The molecular formula is C25H31N3O5. The molecule has 0 aromatic heterocycles. The van der Waals surface area contributed by atoms with E-state index < -0.39 is 47.4 Å². The van der Waals surface area contributed by atoms with Gasteiger partial charge in [0.2, 0.25) is 23.6 Å². The van der Waals surface area contributed by atoms with E-state index in [1.165, 1.54) is 13.0 Å². The van der Waals surface area contributed by atoms with Crippen LogP contribution in [-0.2, 0) is 24.0 Å². The van der Waals surface area contributed by atoms with E-state index in [2.05, 4.69) is 16.0 Å². The van der Waals surface area contributed by atoms with Crippen LogP contribution in [0, 0.1) is 17.8 Å². The van der Waals surface area contributed by atoms with E-state index in [1.807, 2.05) is 13.0 Å². The number of amides is 4. The Bertz CT molecular complexity index is 952. The van der Waals surface area contributed by atoms with Crippen LogP contribution in [0.4, 0.5) is 0 Å². The van der Waals surface area contributed by atoms with Crippen LogP contribution >= 0.6 is 0 Å². The van der Waals surface area contributed by atoms with Crippen molar-refractivity contribution in [3.8, 4) is 0 Å². The van der Waals surface area contributed by atoms with E-state index in [9.17, 15) is 24.0 Å².